The summed E-state index contributed by atoms with van der Waals surface area (Å²) >= 11 is 0. The van der Waals surface area contributed by atoms with Crippen LogP contribution in [0.3, 0.4) is 0 Å². The lowest BCUT2D eigenvalue weighted by Crippen LogP contribution is -2.06. The largest absolute Gasteiger partial charge is 0.504 e. The summed E-state index contributed by atoms with van der Waals surface area (Å²) in [5.41, 5.74) is -0.0294. The molecule has 1 aromatic rings. The Morgan fingerprint density at radius 3 is 2.31 bits per heavy atom. The number of ether oxygens (including phenoxy) is 1. The maximum Gasteiger partial charge on any atom is 0.377 e. The van der Waals surface area contributed by atoms with E-state index in [1.165, 1.54) is 6.07 Å². The fraction of sp³-hybridized carbons (Fsp3) is 0.100. The first-order valence-electron chi connectivity index (χ1n) is 4.20. The highest BCUT2D eigenvalue weighted by Crippen LogP contribution is 2.28. The Morgan fingerprint density at radius 2 is 1.81 bits per heavy atom. The third kappa shape index (κ3) is 2.17. The van der Waals surface area contributed by atoms with Gasteiger partial charge in [0.2, 0.25) is 5.76 Å². The van der Waals surface area contributed by atoms with Crippen LogP contribution >= 0.6 is 0 Å². The fourth-order valence-corrected chi connectivity index (χ4v) is 1.00. The van der Waals surface area contributed by atoms with E-state index in [0.29, 0.717) is 0 Å². The molecule has 0 aromatic heterocycles. The minimum atomic E-state index is -1.11. The van der Waals surface area contributed by atoms with Crippen LogP contribution in [0.25, 0.3) is 5.76 Å². The van der Waals surface area contributed by atoms with Crippen LogP contribution in [0.1, 0.15) is 5.56 Å². The average molecular weight is 226 g/mol. The Kier molecular flexibility index (Phi) is 3.24. The minimum absolute atomic E-state index is 0.0294. The Balaban J connectivity index is 3.18. The zero-order valence-corrected chi connectivity index (χ0v) is 8.34. The molecule has 86 valence electrons. The van der Waals surface area contributed by atoms with Gasteiger partial charge in [0.05, 0.1) is 7.11 Å². The highest BCUT2D eigenvalue weighted by molar-refractivity contribution is 5.93. The van der Waals surface area contributed by atoms with E-state index in [0.717, 1.165) is 19.2 Å². The van der Waals surface area contributed by atoms with Gasteiger partial charge in [-0.3, -0.25) is 0 Å². The summed E-state index contributed by atoms with van der Waals surface area (Å²) in [7, 11) is 1.04. The molecule has 16 heavy (non-hydrogen) atoms. The molecule has 0 fully saturated rings. The zero-order valence-electron chi connectivity index (χ0n) is 8.34. The molecule has 0 saturated heterocycles. The molecule has 0 aliphatic carbocycles. The molecule has 4 N–H and O–H groups in total. The van der Waals surface area contributed by atoms with Gasteiger partial charge in [-0.05, 0) is 18.2 Å². The fourth-order valence-electron chi connectivity index (χ4n) is 1.00. The van der Waals surface area contributed by atoms with E-state index in [2.05, 4.69) is 4.74 Å². The van der Waals surface area contributed by atoms with Gasteiger partial charge in [-0.25, -0.2) is 4.79 Å². The van der Waals surface area contributed by atoms with Crippen molar-refractivity contribution in [3.63, 3.8) is 0 Å². The minimum Gasteiger partial charge on any atom is -0.504 e. The summed E-state index contributed by atoms with van der Waals surface area (Å²) in [6.07, 6.45) is 0. The number of hydrogen-bond donors (Lipinski definition) is 4. The summed E-state index contributed by atoms with van der Waals surface area (Å²) in [4.78, 5) is 10.9. The van der Waals surface area contributed by atoms with Crippen molar-refractivity contribution in [2.24, 2.45) is 0 Å². The third-order valence-electron chi connectivity index (χ3n) is 1.85. The smallest absolute Gasteiger partial charge is 0.377 e. The molecule has 6 heteroatoms. The number of esters is 1. The van der Waals surface area contributed by atoms with E-state index in [9.17, 15) is 15.0 Å². The number of phenolic OH excluding ortho intramolecular Hbond substituents is 2. The van der Waals surface area contributed by atoms with Crippen LogP contribution in [0.4, 0.5) is 0 Å². The summed E-state index contributed by atoms with van der Waals surface area (Å²) in [5.74, 6) is -3.70. The summed E-state index contributed by atoms with van der Waals surface area (Å²) < 4.78 is 4.19. The SMILES string of the molecule is COC(=O)/C(O)=C(\O)c1ccc(O)c(O)c1. The van der Waals surface area contributed by atoms with Crippen molar-refractivity contribution < 1.29 is 30.0 Å². The van der Waals surface area contributed by atoms with Crippen LogP contribution in [-0.2, 0) is 9.53 Å². The number of rotatable bonds is 2. The Morgan fingerprint density at radius 1 is 1.19 bits per heavy atom. The van der Waals surface area contributed by atoms with Gasteiger partial charge in [-0.1, -0.05) is 0 Å². The van der Waals surface area contributed by atoms with Crippen LogP contribution in [0.2, 0.25) is 0 Å². The third-order valence-corrected chi connectivity index (χ3v) is 1.85. The number of phenols is 2. The average Bonchev–Trinajstić information content (AvgIpc) is 2.29. The second-order valence-corrected chi connectivity index (χ2v) is 2.89. The predicted octanol–water partition coefficient (Wildman–Crippen LogP) is 1.06. The van der Waals surface area contributed by atoms with Crippen LogP contribution in [0, 0.1) is 0 Å². The zero-order chi connectivity index (χ0) is 12.3. The monoisotopic (exact) mass is 226 g/mol. The lowest BCUT2D eigenvalue weighted by Gasteiger charge is -2.04. The molecule has 0 radical (unpaired) electrons. The second kappa shape index (κ2) is 4.43. The molecule has 0 amide bonds. The molecule has 6 nitrogen and oxygen atoms in total. The van der Waals surface area contributed by atoms with E-state index in [1.54, 1.807) is 0 Å². The highest BCUT2D eigenvalue weighted by atomic mass is 16.5. The number of aliphatic hydroxyl groups excluding tert-OH is 2. The van der Waals surface area contributed by atoms with E-state index < -0.39 is 23.2 Å². The van der Waals surface area contributed by atoms with E-state index >= 15 is 0 Å². The van der Waals surface area contributed by atoms with Crippen molar-refractivity contribution in [3.05, 3.63) is 29.5 Å². The van der Waals surface area contributed by atoms with Crippen LogP contribution < -0.4 is 0 Å². The van der Waals surface area contributed by atoms with Crippen LogP contribution in [0.5, 0.6) is 11.5 Å². The molecule has 1 aromatic carbocycles. The molecule has 0 unspecified atom stereocenters. The Hall–Kier alpha value is -2.37. The van der Waals surface area contributed by atoms with Gasteiger partial charge in [-0.15, -0.1) is 0 Å². The Bertz CT molecular complexity index is 449. The summed E-state index contributed by atoms with van der Waals surface area (Å²) in [5, 5.41) is 36.8. The van der Waals surface area contributed by atoms with Gasteiger partial charge in [0.1, 0.15) is 0 Å². The van der Waals surface area contributed by atoms with Gasteiger partial charge in [0.15, 0.2) is 17.3 Å². The van der Waals surface area contributed by atoms with Gasteiger partial charge in [0.25, 0.3) is 0 Å². The lowest BCUT2D eigenvalue weighted by molar-refractivity contribution is -0.139. The predicted molar refractivity (Wildman–Crippen MR) is 54.0 cm³/mol. The second-order valence-electron chi connectivity index (χ2n) is 2.89. The number of aromatic hydroxyl groups is 2. The van der Waals surface area contributed by atoms with E-state index in [-0.39, 0.29) is 11.3 Å². The number of hydrogen-bond acceptors (Lipinski definition) is 6. The van der Waals surface area contributed by atoms with E-state index in [4.69, 9.17) is 10.2 Å². The van der Waals surface area contributed by atoms with Crippen molar-refractivity contribution in [2.75, 3.05) is 7.11 Å². The molecule has 0 bridgehead atoms. The summed E-state index contributed by atoms with van der Waals surface area (Å²) in [6.45, 7) is 0. The lowest BCUT2D eigenvalue weighted by atomic mass is 10.1. The number of aliphatic hydroxyl groups is 2. The van der Waals surface area contributed by atoms with Crippen LogP contribution in [-0.4, -0.2) is 33.5 Å². The molecule has 1 rings (SSSR count). The van der Waals surface area contributed by atoms with Crippen molar-refractivity contribution in [3.8, 4) is 11.5 Å². The number of carbonyl (C=O) groups is 1. The van der Waals surface area contributed by atoms with Crippen LogP contribution in [0.15, 0.2) is 24.0 Å². The maximum atomic E-state index is 10.9. The van der Waals surface area contributed by atoms with Gasteiger partial charge in [0, 0.05) is 5.56 Å². The standard InChI is InChI=1S/C10H10O6/c1-16-10(15)9(14)8(13)5-2-3-6(11)7(12)4-5/h2-4,11-14H,1H3/b9-8+. The normalized spacial score (nSPS) is 11.8. The van der Waals surface area contributed by atoms with Crippen molar-refractivity contribution in [1.82, 2.24) is 0 Å². The molecule has 0 aliphatic rings. The number of carbonyl (C=O) groups excluding carboxylic acids is 1. The van der Waals surface area contributed by atoms with E-state index in [1.807, 2.05) is 0 Å². The number of methoxy groups -OCH3 is 1. The highest BCUT2D eigenvalue weighted by Gasteiger charge is 2.16. The molecule has 0 heterocycles. The Labute approximate surface area is 90.7 Å². The van der Waals surface area contributed by atoms with Gasteiger partial charge < -0.3 is 25.2 Å². The van der Waals surface area contributed by atoms with Crippen molar-refractivity contribution in [1.29, 1.82) is 0 Å². The van der Waals surface area contributed by atoms with Gasteiger partial charge in [-0.2, -0.15) is 0 Å². The van der Waals surface area contributed by atoms with Gasteiger partial charge >= 0.3 is 5.97 Å². The summed E-state index contributed by atoms with van der Waals surface area (Å²) in [6, 6.07) is 3.30. The molecule has 0 saturated carbocycles. The molecule has 0 spiro atoms. The quantitative estimate of drug-likeness (QED) is 0.260. The molecular weight excluding hydrogens is 216 g/mol. The first-order chi connectivity index (χ1) is 7.47. The first kappa shape index (κ1) is 11.7. The topological polar surface area (TPSA) is 107 Å². The first-order valence-corrected chi connectivity index (χ1v) is 4.20. The van der Waals surface area contributed by atoms with Crippen molar-refractivity contribution >= 4 is 11.7 Å². The van der Waals surface area contributed by atoms with Crippen molar-refractivity contribution in [2.45, 2.75) is 0 Å². The molecule has 0 aliphatic heterocycles. The number of benzene rings is 1. The maximum absolute atomic E-state index is 10.9. The molecule has 0 atom stereocenters. The molecular formula is C10H10O6.